The van der Waals surface area contributed by atoms with Gasteiger partial charge >= 0.3 is 0 Å². The van der Waals surface area contributed by atoms with E-state index in [1.807, 2.05) is 98.8 Å². The third kappa shape index (κ3) is 5.07. The summed E-state index contributed by atoms with van der Waals surface area (Å²) in [6.07, 6.45) is 1.67. The second-order valence-corrected chi connectivity index (χ2v) is 6.69. The first-order valence-electron chi connectivity index (χ1n) is 9.33. The van der Waals surface area contributed by atoms with Gasteiger partial charge in [-0.3, -0.25) is 4.79 Å². The molecule has 1 amide bonds. The standard InChI is InChI=1S/C24H24N2O2/c1-18(2)28-22-16-10-9-15-21(22)17-25-26-24(27)23(19-11-5-3-6-12-19)20-13-7-4-8-14-20/h3-18,23H,1-2H3,(H,26,27). The van der Waals surface area contributed by atoms with E-state index in [1.165, 1.54) is 0 Å². The van der Waals surface area contributed by atoms with Crippen LogP contribution in [0.3, 0.4) is 0 Å². The molecule has 0 atom stereocenters. The van der Waals surface area contributed by atoms with Crippen LogP contribution in [0.25, 0.3) is 0 Å². The smallest absolute Gasteiger partial charge is 0.252 e. The van der Waals surface area contributed by atoms with Gasteiger partial charge in [-0.15, -0.1) is 0 Å². The van der Waals surface area contributed by atoms with Gasteiger partial charge in [-0.1, -0.05) is 72.8 Å². The molecule has 0 bridgehead atoms. The third-order valence-electron chi connectivity index (χ3n) is 4.19. The minimum atomic E-state index is -0.429. The van der Waals surface area contributed by atoms with E-state index in [0.29, 0.717) is 0 Å². The van der Waals surface area contributed by atoms with Crippen LogP contribution in [0.2, 0.25) is 0 Å². The fraction of sp³-hybridized carbons (Fsp3) is 0.167. The van der Waals surface area contributed by atoms with Gasteiger partial charge in [0.05, 0.1) is 18.2 Å². The summed E-state index contributed by atoms with van der Waals surface area (Å²) >= 11 is 0. The molecule has 0 heterocycles. The summed E-state index contributed by atoms with van der Waals surface area (Å²) in [5, 5.41) is 4.18. The van der Waals surface area contributed by atoms with E-state index in [1.54, 1.807) is 6.21 Å². The predicted molar refractivity (Wildman–Crippen MR) is 113 cm³/mol. The van der Waals surface area contributed by atoms with Crippen molar-refractivity contribution < 1.29 is 9.53 Å². The second-order valence-electron chi connectivity index (χ2n) is 6.69. The molecule has 0 fully saturated rings. The SMILES string of the molecule is CC(C)Oc1ccccc1C=NNC(=O)C(c1ccccc1)c1ccccc1. The van der Waals surface area contributed by atoms with Crippen LogP contribution in [0.4, 0.5) is 0 Å². The van der Waals surface area contributed by atoms with Gasteiger partial charge in [-0.05, 0) is 37.1 Å². The van der Waals surface area contributed by atoms with Crippen molar-refractivity contribution >= 4 is 12.1 Å². The van der Waals surface area contributed by atoms with Crippen LogP contribution >= 0.6 is 0 Å². The molecule has 0 aliphatic carbocycles. The maximum Gasteiger partial charge on any atom is 0.252 e. The summed E-state index contributed by atoms with van der Waals surface area (Å²) in [6.45, 7) is 3.94. The van der Waals surface area contributed by atoms with Crippen molar-refractivity contribution in [3.05, 3.63) is 102 Å². The van der Waals surface area contributed by atoms with Crippen molar-refractivity contribution in [3.63, 3.8) is 0 Å². The zero-order valence-electron chi connectivity index (χ0n) is 16.1. The summed E-state index contributed by atoms with van der Waals surface area (Å²) in [5.41, 5.74) is 5.34. The van der Waals surface area contributed by atoms with Gasteiger partial charge in [0.2, 0.25) is 0 Å². The quantitative estimate of drug-likeness (QED) is 0.480. The topological polar surface area (TPSA) is 50.7 Å². The average molecular weight is 372 g/mol. The Labute approximate surface area is 165 Å². The van der Waals surface area contributed by atoms with Crippen LogP contribution in [0.1, 0.15) is 36.5 Å². The minimum Gasteiger partial charge on any atom is -0.490 e. The van der Waals surface area contributed by atoms with Crippen molar-refractivity contribution in [2.24, 2.45) is 5.10 Å². The molecule has 4 nitrogen and oxygen atoms in total. The Morgan fingerprint density at radius 1 is 0.857 bits per heavy atom. The highest BCUT2D eigenvalue weighted by molar-refractivity contribution is 5.89. The summed E-state index contributed by atoms with van der Waals surface area (Å²) in [7, 11) is 0. The first-order chi connectivity index (χ1) is 13.6. The van der Waals surface area contributed by atoms with E-state index < -0.39 is 5.92 Å². The molecule has 0 aliphatic rings. The molecule has 0 radical (unpaired) electrons. The first-order valence-corrected chi connectivity index (χ1v) is 9.33. The lowest BCUT2D eigenvalue weighted by atomic mass is 9.91. The Kier molecular flexibility index (Phi) is 6.58. The van der Waals surface area contributed by atoms with E-state index in [-0.39, 0.29) is 12.0 Å². The number of carbonyl (C=O) groups excluding carboxylic acids is 1. The van der Waals surface area contributed by atoms with Crippen molar-refractivity contribution in [2.45, 2.75) is 25.9 Å². The number of hydrogen-bond donors (Lipinski definition) is 1. The highest BCUT2D eigenvalue weighted by Gasteiger charge is 2.22. The molecule has 0 spiro atoms. The number of hydrogen-bond acceptors (Lipinski definition) is 3. The van der Waals surface area contributed by atoms with Gasteiger partial charge in [0.1, 0.15) is 5.75 Å². The predicted octanol–water partition coefficient (Wildman–Crippen LogP) is 4.76. The molecule has 0 saturated heterocycles. The van der Waals surface area contributed by atoms with E-state index in [4.69, 9.17) is 4.74 Å². The molecule has 0 aliphatic heterocycles. The highest BCUT2D eigenvalue weighted by atomic mass is 16.5. The lowest BCUT2D eigenvalue weighted by Gasteiger charge is -2.16. The van der Waals surface area contributed by atoms with Crippen LogP contribution in [-0.2, 0) is 4.79 Å². The summed E-state index contributed by atoms with van der Waals surface area (Å²) in [6, 6.07) is 27.0. The molecule has 3 aromatic rings. The maximum absolute atomic E-state index is 12.9. The number of carbonyl (C=O) groups is 1. The number of nitrogens with one attached hydrogen (secondary N) is 1. The number of para-hydroxylation sites is 1. The number of hydrazone groups is 1. The molecule has 1 N–H and O–H groups in total. The fourth-order valence-electron chi connectivity index (χ4n) is 2.96. The zero-order chi connectivity index (χ0) is 19.8. The zero-order valence-corrected chi connectivity index (χ0v) is 16.1. The van der Waals surface area contributed by atoms with Crippen molar-refractivity contribution in [1.29, 1.82) is 0 Å². The number of rotatable bonds is 7. The molecule has 28 heavy (non-hydrogen) atoms. The Bertz CT molecular complexity index is 882. The molecule has 3 rings (SSSR count). The molecule has 142 valence electrons. The second kappa shape index (κ2) is 9.51. The van der Waals surface area contributed by atoms with Gasteiger partial charge < -0.3 is 4.74 Å². The molecular formula is C24H24N2O2. The van der Waals surface area contributed by atoms with Crippen LogP contribution in [-0.4, -0.2) is 18.2 Å². The molecule has 3 aromatic carbocycles. The van der Waals surface area contributed by atoms with Crippen molar-refractivity contribution in [1.82, 2.24) is 5.43 Å². The minimum absolute atomic E-state index is 0.0599. The van der Waals surface area contributed by atoms with Gasteiger partial charge in [0, 0.05) is 5.56 Å². The Morgan fingerprint density at radius 2 is 1.39 bits per heavy atom. The first kappa shape index (κ1) is 19.4. The lowest BCUT2D eigenvalue weighted by molar-refractivity contribution is -0.121. The van der Waals surface area contributed by atoms with Crippen molar-refractivity contribution in [3.8, 4) is 5.75 Å². The number of nitrogens with zero attached hydrogens (tertiary/aromatic N) is 1. The lowest BCUT2D eigenvalue weighted by Crippen LogP contribution is -2.26. The monoisotopic (exact) mass is 372 g/mol. The maximum atomic E-state index is 12.9. The molecular weight excluding hydrogens is 348 g/mol. The van der Waals surface area contributed by atoms with Crippen LogP contribution < -0.4 is 10.2 Å². The Hall–Kier alpha value is -3.40. The van der Waals surface area contributed by atoms with Crippen LogP contribution in [0, 0.1) is 0 Å². The fourth-order valence-corrected chi connectivity index (χ4v) is 2.96. The van der Waals surface area contributed by atoms with E-state index in [0.717, 1.165) is 22.4 Å². The number of ether oxygens (including phenoxy) is 1. The largest absolute Gasteiger partial charge is 0.490 e. The Morgan fingerprint density at radius 3 is 1.96 bits per heavy atom. The number of benzene rings is 3. The van der Waals surface area contributed by atoms with E-state index >= 15 is 0 Å². The molecule has 0 saturated carbocycles. The van der Waals surface area contributed by atoms with Crippen LogP contribution in [0.5, 0.6) is 5.75 Å². The van der Waals surface area contributed by atoms with E-state index in [2.05, 4.69) is 10.5 Å². The van der Waals surface area contributed by atoms with E-state index in [9.17, 15) is 4.79 Å². The normalized spacial score (nSPS) is 11.1. The van der Waals surface area contributed by atoms with Gasteiger partial charge in [0.25, 0.3) is 5.91 Å². The summed E-state index contributed by atoms with van der Waals surface area (Å²) < 4.78 is 5.79. The Balaban J connectivity index is 1.79. The molecule has 4 heteroatoms. The molecule has 0 aromatic heterocycles. The van der Waals surface area contributed by atoms with Gasteiger partial charge in [-0.25, -0.2) is 5.43 Å². The van der Waals surface area contributed by atoms with Gasteiger partial charge in [-0.2, -0.15) is 5.10 Å². The number of amides is 1. The van der Waals surface area contributed by atoms with Crippen molar-refractivity contribution in [2.75, 3.05) is 0 Å². The molecule has 0 unspecified atom stereocenters. The highest BCUT2D eigenvalue weighted by Crippen LogP contribution is 2.24. The van der Waals surface area contributed by atoms with Crippen LogP contribution in [0.15, 0.2) is 90.0 Å². The summed E-state index contributed by atoms with van der Waals surface area (Å²) in [4.78, 5) is 12.9. The summed E-state index contributed by atoms with van der Waals surface area (Å²) in [5.74, 6) is 0.121. The average Bonchev–Trinajstić information content (AvgIpc) is 2.71. The van der Waals surface area contributed by atoms with Gasteiger partial charge in [0.15, 0.2) is 0 Å². The third-order valence-corrected chi connectivity index (χ3v) is 4.19.